The zero-order valence-electron chi connectivity index (χ0n) is 19.5. The van der Waals surface area contributed by atoms with E-state index in [1.54, 1.807) is 42.0 Å². The molecule has 0 spiro atoms. The van der Waals surface area contributed by atoms with Crippen molar-refractivity contribution in [3.63, 3.8) is 0 Å². The second kappa shape index (κ2) is 9.91. The van der Waals surface area contributed by atoms with Crippen LogP contribution in [0.5, 0.6) is 5.75 Å². The first-order valence-electron chi connectivity index (χ1n) is 10.9. The molecule has 2 atom stereocenters. The maximum Gasteiger partial charge on any atom is 0.410 e. The van der Waals surface area contributed by atoms with Crippen LogP contribution in [-0.4, -0.2) is 56.2 Å². The fourth-order valence-electron chi connectivity index (χ4n) is 4.01. The molecular formula is C24H33NO5S2. The van der Waals surface area contributed by atoms with E-state index in [1.165, 1.54) is 0 Å². The molecule has 0 aromatic heterocycles. The van der Waals surface area contributed by atoms with Gasteiger partial charge in [-0.25, -0.2) is 13.2 Å². The molecule has 1 aromatic carbocycles. The van der Waals surface area contributed by atoms with Crippen LogP contribution in [0.2, 0.25) is 0 Å². The minimum absolute atomic E-state index is 0.0688. The zero-order valence-corrected chi connectivity index (χ0v) is 21.1. The van der Waals surface area contributed by atoms with Gasteiger partial charge in [0.2, 0.25) is 0 Å². The smallest absolute Gasteiger partial charge is 0.410 e. The number of likely N-dealkylation sites (tertiary alicyclic amines) is 1. The van der Waals surface area contributed by atoms with E-state index < -0.39 is 20.7 Å². The molecule has 1 heterocycles. The Balaban J connectivity index is 1.77. The number of nitrogens with zero attached hydrogens (tertiary/aromatic N) is 1. The van der Waals surface area contributed by atoms with Crippen LogP contribution in [0.4, 0.5) is 4.79 Å². The predicted molar refractivity (Wildman–Crippen MR) is 129 cm³/mol. The van der Waals surface area contributed by atoms with E-state index in [2.05, 4.69) is 6.92 Å². The first-order chi connectivity index (χ1) is 15.0. The van der Waals surface area contributed by atoms with Gasteiger partial charge in [0.05, 0.1) is 17.3 Å². The summed E-state index contributed by atoms with van der Waals surface area (Å²) in [6.45, 7) is 8.72. The van der Waals surface area contributed by atoms with Crippen LogP contribution in [0.3, 0.4) is 0 Å². The molecular weight excluding hydrogens is 446 g/mol. The highest BCUT2D eigenvalue weighted by atomic mass is 32.2. The molecule has 1 amide bonds. The van der Waals surface area contributed by atoms with Gasteiger partial charge in [-0.1, -0.05) is 31.2 Å². The van der Waals surface area contributed by atoms with Crippen LogP contribution >= 0.6 is 11.8 Å². The maximum atomic E-state index is 13.3. The van der Waals surface area contributed by atoms with Gasteiger partial charge in [0, 0.05) is 19.0 Å². The van der Waals surface area contributed by atoms with Crippen LogP contribution in [0.25, 0.3) is 0 Å². The monoisotopic (exact) mass is 479 g/mol. The first kappa shape index (κ1) is 24.7. The second-order valence-corrected chi connectivity index (χ2v) is 12.6. The zero-order chi connectivity index (χ0) is 23.5. The van der Waals surface area contributed by atoms with Crippen molar-refractivity contribution in [3.8, 4) is 5.75 Å². The third kappa shape index (κ3) is 5.70. The molecule has 1 aliphatic carbocycles. The number of carbonyl (C=O) groups is 1. The number of benzene rings is 1. The fraction of sp³-hybridized carbons (Fsp3) is 0.542. The minimum atomic E-state index is -3.54. The summed E-state index contributed by atoms with van der Waals surface area (Å²) in [4.78, 5) is 15.5. The van der Waals surface area contributed by atoms with Gasteiger partial charge in [-0.2, -0.15) is 0 Å². The minimum Gasteiger partial charge on any atom is -0.496 e. The van der Waals surface area contributed by atoms with Crippen molar-refractivity contribution in [2.75, 3.05) is 26.0 Å². The third-order valence-corrected chi connectivity index (χ3v) is 8.55. The highest BCUT2D eigenvalue weighted by Gasteiger charge is 2.33. The average Bonchev–Trinajstić information content (AvgIpc) is 3.23. The number of hydrogen-bond donors (Lipinski definition) is 0. The SMILES string of the molecule is CCSC1=CC=CC(S(=O)(=O)c2ccc(C3CCN(C(=O)OC(C)(C)C)C3)c(OC)c2)C1. The summed E-state index contributed by atoms with van der Waals surface area (Å²) < 4.78 is 37.7. The Hall–Kier alpha value is -1.93. The summed E-state index contributed by atoms with van der Waals surface area (Å²) in [5, 5.41) is -0.578. The van der Waals surface area contributed by atoms with E-state index in [9.17, 15) is 13.2 Å². The molecule has 1 fully saturated rings. The average molecular weight is 480 g/mol. The molecule has 0 bridgehead atoms. The third-order valence-electron chi connectivity index (χ3n) is 5.55. The number of methoxy groups -OCH3 is 1. The highest BCUT2D eigenvalue weighted by Crippen LogP contribution is 2.37. The maximum absolute atomic E-state index is 13.3. The molecule has 1 aromatic rings. The summed E-state index contributed by atoms with van der Waals surface area (Å²) in [6, 6.07) is 5.13. The molecule has 176 valence electrons. The molecule has 2 aliphatic rings. The van der Waals surface area contributed by atoms with Gasteiger partial charge in [-0.05, 0) is 62.0 Å². The molecule has 0 radical (unpaired) electrons. The largest absolute Gasteiger partial charge is 0.496 e. The summed E-state index contributed by atoms with van der Waals surface area (Å²) >= 11 is 1.68. The molecule has 2 unspecified atom stereocenters. The lowest BCUT2D eigenvalue weighted by molar-refractivity contribution is 0.0292. The molecule has 1 aliphatic heterocycles. The lowest BCUT2D eigenvalue weighted by atomic mass is 9.97. The van der Waals surface area contributed by atoms with Crippen LogP contribution in [0.15, 0.2) is 46.2 Å². The number of sulfone groups is 1. The quantitative estimate of drug-likeness (QED) is 0.561. The molecule has 3 rings (SSSR count). The van der Waals surface area contributed by atoms with E-state index in [-0.39, 0.29) is 16.9 Å². The van der Waals surface area contributed by atoms with Crippen LogP contribution in [0, 0.1) is 0 Å². The van der Waals surface area contributed by atoms with Gasteiger partial charge >= 0.3 is 6.09 Å². The van der Waals surface area contributed by atoms with Crippen molar-refractivity contribution in [1.29, 1.82) is 0 Å². The normalized spacial score (nSPS) is 21.4. The Morgan fingerprint density at radius 2 is 2.03 bits per heavy atom. The standard InChI is InChI=1S/C24H33NO5S2/c1-6-31-18-8-7-9-19(14-18)32(27,28)20-10-11-21(22(15-20)29-5)17-12-13-25(16-17)23(26)30-24(2,3)4/h7-11,15,17,19H,6,12-14,16H2,1-5H3. The lowest BCUT2D eigenvalue weighted by Gasteiger charge is -2.24. The fourth-order valence-corrected chi connectivity index (χ4v) is 6.54. The van der Waals surface area contributed by atoms with Crippen molar-refractivity contribution in [1.82, 2.24) is 4.90 Å². The number of thioether (sulfide) groups is 1. The van der Waals surface area contributed by atoms with Crippen LogP contribution in [-0.2, 0) is 14.6 Å². The van der Waals surface area contributed by atoms with Crippen molar-refractivity contribution in [3.05, 3.63) is 46.9 Å². The van der Waals surface area contributed by atoms with E-state index in [0.29, 0.717) is 25.3 Å². The Kier molecular flexibility index (Phi) is 7.65. The molecule has 0 N–H and O–H groups in total. The molecule has 6 nitrogen and oxygen atoms in total. The molecule has 8 heteroatoms. The van der Waals surface area contributed by atoms with Crippen molar-refractivity contribution >= 4 is 27.7 Å². The summed E-state index contributed by atoms with van der Waals surface area (Å²) in [7, 11) is -1.99. The summed E-state index contributed by atoms with van der Waals surface area (Å²) in [5.74, 6) is 1.52. The van der Waals surface area contributed by atoms with Gasteiger partial charge in [0.1, 0.15) is 11.4 Å². The number of rotatable bonds is 6. The second-order valence-electron chi connectivity index (χ2n) is 9.05. The first-order valence-corrected chi connectivity index (χ1v) is 13.5. The molecule has 0 saturated carbocycles. The van der Waals surface area contributed by atoms with Gasteiger partial charge in [-0.3, -0.25) is 0 Å². The van der Waals surface area contributed by atoms with Gasteiger partial charge < -0.3 is 14.4 Å². The molecule has 32 heavy (non-hydrogen) atoms. The number of ether oxygens (including phenoxy) is 2. The number of carbonyl (C=O) groups excluding carboxylic acids is 1. The Bertz CT molecular complexity index is 1010. The van der Waals surface area contributed by atoms with E-state index in [4.69, 9.17) is 9.47 Å². The predicted octanol–water partition coefficient (Wildman–Crippen LogP) is 5.16. The topological polar surface area (TPSA) is 72.9 Å². The van der Waals surface area contributed by atoms with Crippen molar-refractivity contribution < 1.29 is 22.7 Å². The number of hydrogen-bond acceptors (Lipinski definition) is 6. The van der Waals surface area contributed by atoms with E-state index >= 15 is 0 Å². The van der Waals surface area contributed by atoms with Crippen LogP contribution < -0.4 is 4.74 Å². The Morgan fingerprint density at radius 3 is 2.69 bits per heavy atom. The van der Waals surface area contributed by atoms with Crippen molar-refractivity contribution in [2.24, 2.45) is 0 Å². The molecule has 1 saturated heterocycles. The van der Waals surface area contributed by atoms with Gasteiger partial charge in [-0.15, -0.1) is 11.8 Å². The summed E-state index contributed by atoms with van der Waals surface area (Å²) in [6.07, 6.45) is 6.52. The number of allylic oxidation sites excluding steroid dienone is 3. The van der Waals surface area contributed by atoms with Crippen molar-refractivity contribution in [2.45, 2.75) is 62.2 Å². The Morgan fingerprint density at radius 1 is 1.28 bits per heavy atom. The highest BCUT2D eigenvalue weighted by molar-refractivity contribution is 8.03. The lowest BCUT2D eigenvalue weighted by Crippen LogP contribution is -2.35. The van der Waals surface area contributed by atoms with Gasteiger partial charge in [0.25, 0.3) is 0 Å². The number of amides is 1. The van der Waals surface area contributed by atoms with Crippen LogP contribution in [0.1, 0.15) is 52.0 Å². The van der Waals surface area contributed by atoms with Gasteiger partial charge in [0.15, 0.2) is 9.84 Å². The van der Waals surface area contributed by atoms with E-state index in [1.807, 2.05) is 39.0 Å². The van der Waals surface area contributed by atoms with E-state index in [0.717, 1.165) is 22.6 Å². The summed E-state index contributed by atoms with van der Waals surface area (Å²) in [5.41, 5.74) is 0.375. The Labute approximate surface area is 196 Å².